The highest BCUT2D eigenvalue weighted by molar-refractivity contribution is 8.18. The van der Waals surface area contributed by atoms with E-state index in [-0.39, 0.29) is 24.8 Å². The molecule has 0 spiro atoms. The van der Waals surface area contributed by atoms with E-state index in [2.05, 4.69) is 4.99 Å². The Kier molecular flexibility index (Phi) is 6.45. The van der Waals surface area contributed by atoms with Gasteiger partial charge in [0, 0.05) is 6.07 Å². The van der Waals surface area contributed by atoms with Gasteiger partial charge >= 0.3 is 5.69 Å². The van der Waals surface area contributed by atoms with E-state index in [0.717, 1.165) is 11.8 Å². The quantitative estimate of drug-likeness (QED) is 0.293. The molecule has 1 aliphatic heterocycles. The van der Waals surface area contributed by atoms with Crippen molar-refractivity contribution in [2.75, 3.05) is 6.61 Å². The molecule has 0 radical (unpaired) electrons. The van der Waals surface area contributed by atoms with Crippen molar-refractivity contribution in [3.63, 3.8) is 0 Å². The van der Waals surface area contributed by atoms with Crippen LogP contribution in [0.25, 0.3) is 6.08 Å². The molecule has 1 aromatic heterocycles. The van der Waals surface area contributed by atoms with E-state index >= 15 is 0 Å². The number of carbonyl (C=O) groups is 1. The number of para-hydroxylation sites is 1. The van der Waals surface area contributed by atoms with Gasteiger partial charge < -0.3 is 14.3 Å². The summed E-state index contributed by atoms with van der Waals surface area (Å²) in [5.74, 6) is -0.315. The van der Waals surface area contributed by atoms with Crippen LogP contribution in [0.3, 0.4) is 0 Å². The molecule has 2 heterocycles. The molecule has 0 atom stereocenters. The van der Waals surface area contributed by atoms with Crippen LogP contribution in [0.4, 0.5) is 11.4 Å². The SMILES string of the molecule is CCOc1cc(/C=C2/SC(=Nc3ccccc3)N(Cc3ccco3)C2=O)cc([N+](=O)[O-])c1O. The number of hydrogen-bond donors (Lipinski definition) is 1. The number of ether oxygens (including phenoxy) is 1. The number of benzene rings is 2. The lowest BCUT2D eigenvalue weighted by atomic mass is 10.1. The van der Waals surface area contributed by atoms with Gasteiger partial charge in [0.25, 0.3) is 5.91 Å². The van der Waals surface area contributed by atoms with Gasteiger partial charge in [0.2, 0.25) is 5.75 Å². The smallest absolute Gasteiger partial charge is 0.315 e. The van der Waals surface area contributed by atoms with Gasteiger partial charge in [0.1, 0.15) is 5.76 Å². The molecule has 10 heteroatoms. The lowest BCUT2D eigenvalue weighted by Crippen LogP contribution is -2.28. The van der Waals surface area contributed by atoms with E-state index in [1.807, 2.05) is 30.3 Å². The van der Waals surface area contributed by atoms with Crippen LogP contribution in [0.15, 0.2) is 75.2 Å². The van der Waals surface area contributed by atoms with Crippen LogP contribution >= 0.6 is 11.8 Å². The van der Waals surface area contributed by atoms with Crippen molar-refractivity contribution >= 4 is 40.3 Å². The normalized spacial score (nSPS) is 16.0. The van der Waals surface area contributed by atoms with Crippen molar-refractivity contribution in [3.05, 3.63) is 87.2 Å². The van der Waals surface area contributed by atoms with Crippen LogP contribution in [0.1, 0.15) is 18.2 Å². The molecular formula is C23H19N3O6S. The van der Waals surface area contributed by atoms with Crippen molar-refractivity contribution in [1.82, 2.24) is 4.90 Å². The fourth-order valence-electron chi connectivity index (χ4n) is 3.16. The predicted molar refractivity (Wildman–Crippen MR) is 124 cm³/mol. The summed E-state index contributed by atoms with van der Waals surface area (Å²) < 4.78 is 10.7. The van der Waals surface area contributed by atoms with Crippen molar-refractivity contribution in [2.45, 2.75) is 13.5 Å². The Bertz CT molecular complexity index is 1240. The minimum absolute atomic E-state index is 0.0281. The summed E-state index contributed by atoms with van der Waals surface area (Å²) in [6, 6.07) is 15.4. The second-order valence-corrected chi connectivity index (χ2v) is 7.90. The topological polar surface area (TPSA) is 118 Å². The molecule has 33 heavy (non-hydrogen) atoms. The van der Waals surface area contributed by atoms with Crippen LogP contribution < -0.4 is 4.74 Å². The summed E-state index contributed by atoms with van der Waals surface area (Å²) in [7, 11) is 0. The first-order valence-electron chi connectivity index (χ1n) is 9.98. The Morgan fingerprint density at radius 2 is 2.03 bits per heavy atom. The van der Waals surface area contributed by atoms with Crippen molar-refractivity contribution in [1.29, 1.82) is 0 Å². The van der Waals surface area contributed by atoms with Crippen molar-refractivity contribution in [3.8, 4) is 11.5 Å². The molecule has 4 rings (SSSR count). The number of nitro benzene ring substituents is 1. The highest BCUT2D eigenvalue weighted by Crippen LogP contribution is 2.40. The molecule has 1 amide bonds. The third-order valence-corrected chi connectivity index (χ3v) is 5.64. The molecule has 0 bridgehead atoms. The Labute approximate surface area is 193 Å². The Morgan fingerprint density at radius 1 is 1.24 bits per heavy atom. The van der Waals surface area contributed by atoms with Gasteiger partial charge in [-0.3, -0.25) is 19.8 Å². The van der Waals surface area contributed by atoms with E-state index in [0.29, 0.717) is 27.1 Å². The molecule has 0 unspecified atom stereocenters. The fraction of sp³-hybridized carbons (Fsp3) is 0.130. The first kappa shape index (κ1) is 22.2. The zero-order valence-electron chi connectivity index (χ0n) is 17.5. The van der Waals surface area contributed by atoms with Crippen molar-refractivity contribution < 1.29 is 24.0 Å². The minimum Gasteiger partial charge on any atom is -0.500 e. The number of aliphatic imine (C=N–C) groups is 1. The summed E-state index contributed by atoms with van der Waals surface area (Å²) in [5, 5.41) is 21.9. The number of furan rings is 1. The van der Waals surface area contributed by atoms with Crippen LogP contribution in [0.2, 0.25) is 0 Å². The van der Waals surface area contributed by atoms with Crippen molar-refractivity contribution in [2.24, 2.45) is 4.99 Å². The maximum Gasteiger partial charge on any atom is 0.315 e. The number of nitrogens with zero attached hydrogens (tertiary/aromatic N) is 3. The number of carbonyl (C=O) groups excluding carboxylic acids is 1. The summed E-state index contributed by atoms with van der Waals surface area (Å²) >= 11 is 1.15. The minimum atomic E-state index is -0.699. The molecule has 0 saturated carbocycles. The van der Waals surface area contributed by atoms with E-state index in [1.54, 1.807) is 19.1 Å². The number of hydrogen-bond acceptors (Lipinski definition) is 8. The maximum atomic E-state index is 13.2. The van der Waals surface area contributed by atoms with Gasteiger partial charge in [-0.15, -0.1) is 0 Å². The van der Waals surface area contributed by atoms with E-state index in [1.165, 1.54) is 29.4 Å². The third-order valence-electron chi connectivity index (χ3n) is 4.63. The molecular weight excluding hydrogens is 446 g/mol. The monoisotopic (exact) mass is 465 g/mol. The fourth-order valence-corrected chi connectivity index (χ4v) is 4.15. The highest BCUT2D eigenvalue weighted by atomic mass is 32.2. The predicted octanol–water partition coefficient (Wildman–Crippen LogP) is 5.10. The second-order valence-electron chi connectivity index (χ2n) is 6.89. The van der Waals surface area contributed by atoms with Gasteiger partial charge in [0.15, 0.2) is 10.9 Å². The Morgan fingerprint density at radius 3 is 2.70 bits per heavy atom. The van der Waals surface area contributed by atoms with Gasteiger partial charge in [-0.05, 0) is 60.7 Å². The number of rotatable bonds is 7. The van der Waals surface area contributed by atoms with E-state index in [4.69, 9.17) is 9.15 Å². The van der Waals surface area contributed by atoms with Gasteiger partial charge in [-0.2, -0.15) is 0 Å². The Balaban J connectivity index is 1.74. The molecule has 2 aromatic carbocycles. The molecule has 9 nitrogen and oxygen atoms in total. The third kappa shape index (κ3) is 4.90. The molecule has 1 saturated heterocycles. The van der Waals surface area contributed by atoms with Gasteiger partial charge in [-0.25, -0.2) is 4.99 Å². The maximum absolute atomic E-state index is 13.2. The zero-order chi connectivity index (χ0) is 23.4. The average molecular weight is 465 g/mol. The lowest BCUT2D eigenvalue weighted by molar-refractivity contribution is -0.386. The number of thioether (sulfide) groups is 1. The number of phenols is 1. The summed E-state index contributed by atoms with van der Waals surface area (Å²) in [6.45, 7) is 2.09. The number of amides is 1. The first-order chi connectivity index (χ1) is 16.0. The van der Waals surface area contributed by atoms with Crippen LogP contribution in [0, 0.1) is 10.1 Å². The summed E-state index contributed by atoms with van der Waals surface area (Å²) in [5.41, 5.74) is 0.518. The van der Waals surface area contributed by atoms with Crippen LogP contribution in [-0.2, 0) is 11.3 Å². The van der Waals surface area contributed by atoms with Gasteiger partial charge in [0.05, 0.1) is 34.9 Å². The largest absolute Gasteiger partial charge is 0.500 e. The van der Waals surface area contributed by atoms with E-state index < -0.39 is 16.4 Å². The standard InChI is InChI=1S/C23H19N3O6S/c1-2-31-19-12-15(11-18(21(19)27)26(29)30)13-20-22(28)25(14-17-9-6-10-32-17)23(33-20)24-16-7-4-3-5-8-16/h3-13,27H,2,14H2,1H3/b20-13+,24-23?. The average Bonchev–Trinajstić information content (AvgIpc) is 3.41. The van der Waals surface area contributed by atoms with Crippen LogP contribution in [-0.4, -0.2) is 32.6 Å². The van der Waals surface area contributed by atoms with E-state index in [9.17, 15) is 20.0 Å². The molecule has 168 valence electrons. The molecule has 1 fully saturated rings. The molecule has 1 N–H and O–H groups in total. The summed E-state index contributed by atoms with van der Waals surface area (Å²) in [4.78, 5) is 30.3. The lowest BCUT2D eigenvalue weighted by Gasteiger charge is -2.13. The first-order valence-corrected chi connectivity index (χ1v) is 10.8. The van der Waals surface area contributed by atoms with Gasteiger partial charge in [-0.1, -0.05) is 18.2 Å². The van der Waals surface area contributed by atoms with Crippen LogP contribution in [0.5, 0.6) is 11.5 Å². The molecule has 0 aliphatic carbocycles. The number of phenolic OH excluding ortho intramolecular Hbond substituents is 1. The number of amidine groups is 1. The number of aromatic hydroxyl groups is 1. The highest BCUT2D eigenvalue weighted by Gasteiger charge is 2.34. The second kappa shape index (κ2) is 9.61. The number of nitro groups is 1. The zero-order valence-corrected chi connectivity index (χ0v) is 18.3. The molecule has 1 aliphatic rings. The summed E-state index contributed by atoms with van der Waals surface area (Å²) in [6.07, 6.45) is 3.04. The Hall–Kier alpha value is -4.05. The molecule has 3 aromatic rings.